The van der Waals surface area contributed by atoms with Crippen LogP contribution in [0, 0.1) is 31.6 Å². The fourth-order valence-corrected chi connectivity index (χ4v) is 4.90. The summed E-state index contributed by atoms with van der Waals surface area (Å²) in [6.07, 6.45) is 7.38. The van der Waals surface area contributed by atoms with E-state index in [1.54, 1.807) is 16.5 Å². The quantitative estimate of drug-likeness (QED) is 0.321. The monoisotopic (exact) mass is 468 g/mol. The molecule has 0 aliphatic heterocycles. The molecule has 1 aromatic carbocycles. The summed E-state index contributed by atoms with van der Waals surface area (Å²) in [6.45, 7) is 9.71. The van der Waals surface area contributed by atoms with E-state index < -0.39 is 0 Å². The molecule has 0 radical (unpaired) electrons. The number of ether oxygens (including phenoxy) is 1. The van der Waals surface area contributed by atoms with Gasteiger partial charge in [-0.25, -0.2) is 4.98 Å². The molecule has 0 spiro atoms. The molecule has 2 saturated carbocycles. The number of allylic oxidation sites excluding steroid dienone is 1. The van der Waals surface area contributed by atoms with Gasteiger partial charge in [-0.15, -0.1) is 11.7 Å². The van der Waals surface area contributed by atoms with Crippen LogP contribution in [0.25, 0.3) is 11.0 Å². The molecular formula is C29H32N4O2. The maximum Gasteiger partial charge on any atom is 0.308 e. The van der Waals surface area contributed by atoms with Gasteiger partial charge in [0.05, 0.1) is 11.2 Å². The first-order chi connectivity index (χ1) is 16.9. The van der Waals surface area contributed by atoms with E-state index in [1.165, 1.54) is 11.1 Å². The van der Waals surface area contributed by atoms with E-state index in [1.807, 2.05) is 25.3 Å². The summed E-state index contributed by atoms with van der Waals surface area (Å²) >= 11 is 0. The molecule has 2 fully saturated rings. The number of carbonyl (C=O) groups excluding carboxylic acids is 1. The Hall–Kier alpha value is -3.59. The van der Waals surface area contributed by atoms with Gasteiger partial charge in [-0.2, -0.15) is 0 Å². The third-order valence-electron chi connectivity index (χ3n) is 7.19. The summed E-state index contributed by atoms with van der Waals surface area (Å²) in [6, 6.07) is 8.14. The normalized spacial score (nSPS) is 19.0. The van der Waals surface area contributed by atoms with Gasteiger partial charge in [-0.3, -0.25) is 14.4 Å². The first-order valence-electron chi connectivity index (χ1n) is 12.4. The van der Waals surface area contributed by atoms with Gasteiger partial charge in [-0.1, -0.05) is 18.1 Å². The van der Waals surface area contributed by atoms with Crippen molar-refractivity contribution in [2.24, 2.45) is 13.0 Å². The topological polar surface area (TPSA) is 60.2 Å². The molecule has 0 unspecified atom stereocenters. The van der Waals surface area contributed by atoms with E-state index >= 15 is 0 Å². The van der Waals surface area contributed by atoms with Crippen LogP contribution in [0.5, 0.6) is 5.88 Å². The fourth-order valence-electron chi connectivity index (χ4n) is 4.90. The SMILES string of the molecule is C=CCC1CC(Oc2nn(C)c3ccc(N(C(=O)C#CC)c4cc(C)c(C)cc4C4CC4)nc23)C1. The molecule has 2 aliphatic carbocycles. The molecule has 6 nitrogen and oxygen atoms in total. The second kappa shape index (κ2) is 9.22. The summed E-state index contributed by atoms with van der Waals surface area (Å²) in [5.74, 6) is 7.36. The number of rotatable bonds is 7. The van der Waals surface area contributed by atoms with Crippen molar-refractivity contribution >= 4 is 28.4 Å². The van der Waals surface area contributed by atoms with E-state index in [0.717, 1.165) is 48.9 Å². The minimum atomic E-state index is -0.290. The number of anilines is 2. The van der Waals surface area contributed by atoms with Crippen LogP contribution in [0.4, 0.5) is 11.5 Å². The molecule has 0 bridgehead atoms. The maximum atomic E-state index is 13.3. The Balaban J connectivity index is 1.57. The van der Waals surface area contributed by atoms with E-state index in [-0.39, 0.29) is 12.0 Å². The summed E-state index contributed by atoms with van der Waals surface area (Å²) in [5.41, 5.74) is 5.95. The van der Waals surface area contributed by atoms with Crippen LogP contribution in [0.2, 0.25) is 0 Å². The molecule has 0 atom stereocenters. The number of carbonyl (C=O) groups is 1. The van der Waals surface area contributed by atoms with Crippen molar-refractivity contribution in [1.82, 2.24) is 14.8 Å². The van der Waals surface area contributed by atoms with Gasteiger partial charge in [0.25, 0.3) is 5.88 Å². The fraction of sp³-hybridized carbons (Fsp3) is 0.414. The minimum Gasteiger partial charge on any atom is -0.472 e. The molecule has 6 heteroatoms. The average molecular weight is 469 g/mol. The lowest BCUT2D eigenvalue weighted by Gasteiger charge is -2.34. The number of benzene rings is 1. The Morgan fingerprint density at radius 1 is 1.26 bits per heavy atom. The predicted molar refractivity (Wildman–Crippen MR) is 139 cm³/mol. The Morgan fingerprint density at radius 2 is 2.00 bits per heavy atom. The lowest BCUT2D eigenvalue weighted by atomic mass is 9.80. The van der Waals surface area contributed by atoms with Gasteiger partial charge < -0.3 is 4.74 Å². The molecule has 0 saturated heterocycles. The van der Waals surface area contributed by atoms with Gasteiger partial charge in [0.1, 0.15) is 11.9 Å². The van der Waals surface area contributed by atoms with E-state index in [4.69, 9.17) is 9.72 Å². The summed E-state index contributed by atoms with van der Waals surface area (Å²) < 4.78 is 8.04. The van der Waals surface area contributed by atoms with Gasteiger partial charge in [0.15, 0.2) is 5.52 Å². The smallest absolute Gasteiger partial charge is 0.308 e. The number of hydrogen-bond acceptors (Lipinski definition) is 4. The van der Waals surface area contributed by atoms with Gasteiger partial charge in [0, 0.05) is 7.05 Å². The van der Waals surface area contributed by atoms with Crippen LogP contribution in [0.15, 0.2) is 36.9 Å². The number of hydrogen-bond donors (Lipinski definition) is 0. The van der Waals surface area contributed by atoms with Crippen molar-refractivity contribution < 1.29 is 9.53 Å². The van der Waals surface area contributed by atoms with Crippen molar-refractivity contribution in [1.29, 1.82) is 0 Å². The lowest BCUT2D eigenvalue weighted by molar-refractivity contribution is -0.112. The number of nitrogens with zero attached hydrogens (tertiary/aromatic N) is 4. The molecule has 2 heterocycles. The van der Waals surface area contributed by atoms with E-state index in [0.29, 0.717) is 29.1 Å². The first-order valence-corrected chi connectivity index (χ1v) is 12.4. The van der Waals surface area contributed by atoms with Crippen LogP contribution in [0.3, 0.4) is 0 Å². The molecule has 35 heavy (non-hydrogen) atoms. The average Bonchev–Trinajstić information content (AvgIpc) is 3.60. The van der Waals surface area contributed by atoms with Crippen LogP contribution < -0.4 is 9.64 Å². The number of pyridine rings is 1. The highest BCUT2D eigenvalue weighted by Gasteiger charge is 2.33. The first kappa shape index (κ1) is 23.2. The minimum absolute atomic E-state index is 0.133. The highest BCUT2D eigenvalue weighted by atomic mass is 16.5. The summed E-state index contributed by atoms with van der Waals surface area (Å²) in [7, 11) is 1.89. The highest BCUT2D eigenvalue weighted by molar-refractivity contribution is 6.11. The molecule has 2 aromatic heterocycles. The molecule has 180 valence electrons. The zero-order valence-corrected chi connectivity index (χ0v) is 21.0. The van der Waals surface area contributed by atoms with Crippen LogP contribution >= 0.6 is 0 Å². The zero-order valence-electron chi connectivity index (χ0n) is 21.0. The van der Waals surface area contributed by atoms with Crippen molar-refractivity contribution in [2.45, 2.75) is 64.9 Å². The lowest BCUT2D eigenvalue weighted by Crippen LogP contribution is -2.33. The highest BCUT2D eigenvalue weighted by Crippen LogP contribution is 2.46. The Morgan fingerprint density at radius 3 is 2.69 bits per heavy atom. The number of fused-ring (bicyclic) bond motifs is 1. The summed E-state index contributed by atoms with van der Waals surface area (Å²) in [5, 5.41) is 4.60. The Labute approximate surface area is 207 Å². The van der Waals surface area contributed by atoms with Crippen LogP contribution in [0.1, 0.15) is 61.6 Å². The zero-order chi connectivity index (χ0) is 24.7. The molecule has 1 amide bonds. The standard InChI is InChI=1S/C29H32N4O2/c1-6-8-20-16-22(17-20)35-29-28-24(32(5)31-29)12-13-26(30-28)33(27(34)9-7-2)25-15-19(4)18(3)14-23(25)21-10-11-21/h6,12-15,20-22H,1,8,10-11,16-17H2,2-5H3. The molecule has 0 N–H and O–H groups in total. The molecular weight excluding hydrogens is 436 g/mol. The van der Waals surface area contributed by atoms with Crippen LogP contribution in [-0.2, 0) is 11.8 Å². The molecule has 3 aromatic rings. The number of aromatic nitrogens is 3. The van der Waals surface area contributed by atoms with Crippen LogP contribution in [-0.4, -0.2) is 26.8 Å². The predicted octanol–water partition coefficient (Wildman–Crippen LogP) is 5.88. The Kier molecular flexibility index (Phi) is 6.10. The third kappa shape index (κ3) is 4.43. The van der Waals surface area contributed by atoms with E-state index in [9.17, 15) is 4.79 Å². The number of aryl methyl sites for hydroxylation is 3. The van der Waals surface area contributed by atoms with Gasteiger partial charge in [0.2, 0.25) is 0 Å². The van der Waals surface area contributed by atoms with Crippen molar-refractivity contribution in [3.8, 4) is 17.7 Å². The summed E-state index contributed by atoms with van der Waals surface area (Å²) in [4.78, 5) is 19.9. The third-order valence-corrected chi connectivity index (χ3v) is 7.19. The van der Waals surface area contributed by atoms with E-state index in [2.05, 4.69) is 49.5 Å². The second-order valence-electron chi connectivity index (χ2n) is 9.85. The van der Waals surface area contributed by atoms with Crippen molar-refractivity contribution in [2.75, 3.05) is 4.90 Å². The molecule has 5 rings (SSSR count). The molecule has 2 aliphatic rings. The van der Waals surface area contributed by atoms with Gasteiger partial charge in [-0.05, 0) is 106 Å². The largest absolute Gasteiger partial charge is 0.472 e. The van der Waals surface area contributed by atoms with Crippen molar-refractivity contribution in [3.05, 3.63) is 53.6 Å². The Bertz CT molecular complexity index is 1370. The number of amides is 1. The van der Waals surface area contributed by atoms with Crippen molar-refractivity contribution in [3.63, 3.8) is 0 Å². The van der Waals surface area contributed by atoms with Gasteiger partial charge >= 0.3 is 5.91 Å². The maximum absolute atomic E-state index is 13.3. The second-order valence-corrected chi connectivity index (χ2v) is 9.85.